The van der Waals surface area contributed by atoms with Crippen molar-refractivity contribution in [2.75, 3.05) is 6.61 Å². The molecule has 0 spiro atoms. The zero-order valence-corrected chi connectivity index (χ0v) is 13.2. The number of rotatable bonds is 7. The Balaban J connectivity index is 3.60. The smallest absolute Gasteiger partial charge is 0.504 e. The largest absolute Gasteiger partial charge is 0.511 e. The Labute approximate surface area is 125 Å². The third kappa shape index (κ3) is 3.60. The summed E-state index contributed by atoms with van der Waals surface area (Å²) in [6.45, 7) is 8.31. The predicted octanol–water partition coefficient (Wildman–Crippen LogP) is 3.93. The van der Waals surface area contributed by atoms with Gasteiger partial charge >= 0.3 is 6.16 Å². The van der Waals surface area contributed by atoms with Gasteiger partial charge in [-0.05, 0) is 31.2 Å². The van der Waals surface area contributed by atoms with Gasteiger partial charge in [-0.1, -0.05) is 27.7 Å². The summed E-state index contributed by atoms with van der Waals surface area (Å²) in [5, 5.41) is 19.3. The van der Waals surface area contributed by atoms with Crippen LogP contribution in [0.5, 0.6) is 17.2 Å². The van der Waals surface area contributed by atoms with Crippen LogP contribution in [-0.4, -0.2) is 23.0 Å². The van der Waals surface area contributed by atoms with E-state index in [1.54, 1.807) is 0 Å². The normalized spacial score (nSPS) is 10.5. The third-order valence-corrected chi connectivity index (χ3v) is 3.41. The highest BCUT2D eigenvalue weighted by atomic mass is 16.7. The van der Waals surface area contributed by atoms with Crippen LogP contribution >= 0.6 is 0 Å². The van der Waals surface area contributed by atoms with E-state index in [4.69, 9.17) is 14.6 Å². The van der Waals surface area contributed by atoms with E-state index in [0.717, 1.165) is 29.5 Å². The van der Waals surface area contributed by atoms with Crippen molar-refractivity contribution < 1.29 is 24.5 Å². The first-order chi connectivity index (χ1) is 10.0. The molecule has 0 aliphatic carbocycles. The highest BCUT2D eigenvalue weighted by Gasteiger charge is 2.25. The van der Waals surface area contributed by atoms with Crippen LogP contribution in [0.15, 0.2) is 0 Å². The average Bonchev–Trinajstić information content (AvgIpc) is 2.46. The molecular formula is C16H24O5. The Morgan fingerprint density at radius 3 is 1.95 bits per heavy atom. The molecule has 0 fully saturated rings. The van der Waals surface area contributed by atoms with Crippen molar-refractivity contribution in [3.63, 3.8) is 0 Å². The van der Waals surface area contributed by atoms with E-state index in [9.17, 15) is 9.90 Å². The number of phenolic OH excluding ortho intramolecular Hbond substituents is 1. The summed E-state index contributed by atoms with van der Waals surface area (Å²) in [4.78, 5) is 10.9. The fraction of sp³-hybridized carbons (Fsp3) is 0.562. The van der Waals surface area contributed by atoms with E-state index in [1.807, 2.05) is 27.7 Å². The predicted molar refractivity (Wildman–Crippen MR) is 80.7 cm³/mol. The van der Waals surface area contributed by atoms with Crippen LogP contribution in [0.2, 0.25) is 0 Å². The van der Waals surface area contributed by atoms with Gasteiger partial charge in [0, 0.05) is 11.1 Å². The summed E-state index contributed by atoms with van der Waals surface area (Å²) in [5.74, 6) is 0.148. The van der Waals surface area contributed by atoms with Gasteiger partial charge in [-0.2, -0.15) is 0 Å². The van der Waals surface area contributed by atoms with E-state index in [2.05, 4.69) is 0 Å². The molecule has 0 aliphatic rings. The van der Waals surface area contributed by atoms with Gasteiger partial charge in [0.2, 0.25) is 5.75 Å². The van der Waals surface area contributed by atoms with Crippen LogP contribution in [0.4, 0.5) is 4.79 Å². The number of phenols is 1. The standard InChI is InChI=1S/C16H24O5/c1-5-9-20-14-12(8-4)10(6-2)11(7-3)13(17)15(14)21-16(18)19/h17H,5-9H2,1-4H3,(H,18,19). The van der Waals surface area contributed by atoms with Gasteiger partial charge in [-0.3, -0.25) is 0 Å². The molecule has 21 heavy (non-hydrogen) atoms. The number of benzene rings is 1. The second kappa shape index (κ2) is 7.76. The lowest BCUT2D eigenvalue weighted by atomic mass is 9.93. The third-order valence-electron chi connectivity index (χ3n) is 3.41. The number of hydrogen-bond acceptors (Lipinski definition) is 4. The van der Waals surface area contributed by atoms with Crippen molar-refractivity contribution in [1.82, 2.24) is 0 Å². The van der Waals surface area contributed by atoms with Gasteiger partial charge in [0.25, 0.3) is 0 Å². The van der Waals surface area contributed by atoms with Crippen LogP contribution in [-0.2, 0) is 19.3 Å². The van der Waals surface area contributed by atoms with E-state index < -0.39 is 6.16 Å². The first kappa shape index (κ1) is 17.1. The maximum absolute atomic E-state index is 10.9. The maximum Gasteiger partial charge on any atom is 0.511 e. The van der Waals surface area contributed by atoms with Crippen molar-refractivity contribution in [2.24, 2.45) is 0 Å². The molecule has 5 nitrogen and oxygen atoms in total. The number of ether oxygens (including phenoxy) is 2. The second-order valence-corrected chi connectivity index (χ2v) is 4.72. The van der Waals surface area contributed by atoms with Crippen LogP contribution < -0.4 is 9.47 Å². The van der Waals surface area contributed by atoms with Crippen LogP contribution in [0.1, 0.15) is 50.8 Å². The molecule has 0 amide bonds. The number of aromatic hydroxyl groups is 1. The van der Waals surface area contributed by atoms with Crippen molar-refractivity contribution in [3.8, 4) is 17.2 Å². The second-order valence-electron chi connectivity index (χ2n) is 4.72. The molecule has 0 atom stereocenters. The molecule has 0 heterocycles. The Bertz CT molecular complexity index is 508. The molecule has 1 aromatic carbocycles. The minimum Gasteiger partial charge on any atom is -0.504 e. The zero-order valence-electron chi connectivity index (χ0n) is 13.2. The molecule has 1 aromatic rings. The Morgan fingerprint density at radius 1 is 0.952 bits per heavy atom. The van der Waals surface area contributed by atoms with Crippen LogP contribution in [0, 0.1) is 0 Å². The monoisotopic (exact) mass is 296 g/mol. The van der Waals surface area contributed by atoms with Crippen LogP contribution in [0.25, 0.3) is 0 Å². The summed E-state index contributed by atoms with van der Waals surface area (Å²) >= 11 is 0. The molecule has 0 aliphatic heterocycles. The topological polar surface area (TPSA) is 76.0 Å². The first-order valence-corrected chi connectivity index (χ1v) is 7.44. The molecule has 0 aromatic heterocycles. The Morgan fingerprint density at radius 2 is 1.52 bits per heavy atom. The fourth-order valence-corrected chi connectivity index (χ4v) is 2.56. The van der Waals surface area contributed by atoms with E-state index in [1.165, 1.54) is 0 Å². The lowest BCUT2D eigenvalue weighted by Gasteiger charge is -2.21. The van der Waals surface area contributed by atoms with Gasteiger partial charge in [-0.25, -0.2) is 4.79 Å². The molecular weight excluding hydrogens is 272 g/mol. The molecule has 1 rings (SSSR count). The Hall–Kier alpha value is -1.91. The summed E-state index contributed by atoms with van der Waals surface area (Å²) in [6, 6.07) is 0. The Kier molecular flexibility index (Phi) is 6.34. The number of carboxylic acid groups (broad SMARTS) is 1. The molecule has 118 valence electrons. The molecule has 0 saturated heterocycles. The number of hydrogen-bond donors (Lipinski definition) is 2. The SMILES string of the molecule is CCCOc1c(CC)c(CC)c(CC)c(O)c1OC(=O)O. The molecule has 0 bridgehead atoms. The zero-order chi connectivity index (χ0) is 16.0. The van der Waals surface area contributed by atoms with Crippen molar-refractivity contribution in [2.45, 2.75) is 53.4 Å². The minimum absolute atomic E-state index is 0.0816. The summed E-state index contributed by atoms with van der Waals surface area (Å²) in [5.41, 5.74) is 2.66. The summed E-state index contributed by atoms with van der Waals surface area (Å²) < 4.78 is 10.5. The van der Waals surface area contributed by atoms with Crippen molar-refractivity contribution in [3.05, 3.63) is 16.7 Å². The highest BCUT2D eigenvalue weighted by molar-refractivity contribution is 5.70. The minimum atomic E-state index is -1.46. The van der Waals surface area contributed by atoms with Crippen molar-refractivity contribution in [1.29, 1.82) is 0 Å². The van der Waals surface area contributed by atoms with Gasteiger partial charge in [0.1, 0.15) is 0 Å². The lowest BCUT2D eigenvalue weighted by molar-refractivity contribution is 0.140. The highest BCUT2D eigenvalue weighted by Crippen LogP contribution is 2.45. The maximum atomic E-state index is 10.9. The summed E-state index contributed by atoms with van der Waals surface area (Å²) in [6.07, 6.45) is 1.36. The first-order valence-electron chi connectivity index (χ1n) is 7.44. The lowest BCUT2D eigenvalue weighted by Crippen LogP contribution is -2.11. The van der Waals surface area contributed by atoms with Crippen molar-refractivity contribution >= 4 is 6.16 Å². The quantitative estimate of drug-likeness (QED) is 0.589. The van der Waals surface area contributed by atoms with Gasteiger partial charge < -0.3 is 19.7 Å². The molecule has 0 radical (unpaired) electrons. The summed E-state index contributed by atoms with van der Waals surface area (Å²) in [7, 11) is 0. The molecule has 5 heteroatoms. The van der Waals surface area contributed by atoms with Gasteiger partial charge in [0.05, 0.1) is 6.61 Å². The molecule has 0 saturated carbocycles. The van der Waals surface area contributed by atoms with E-state index in [-0.39, 0.29) is 11.5 Å². The van der Waals surface area contributed by atoms with Gasteiger partial charge in [0.15, 0.2) is 11.5 Å². The van der Waals surface area contributed by atoms with E-state index >= 15 is 0 Å². The van der Waals surface area contributed by atoms with E-state index in [0.29, 0.717) is 25.2 Å². The molecule has 2 N–H and O–H groups in total. The fourth-order valence-electron chi connectivity index (χ4n) is 2.56. The van der Waals surface area contributed by atoms with Gasteiger partial charge in [-0.15, -0.1) is 0 Å². The van der Waals surface area contributed by atoms with Crippen LogP contribution in [0.3, 0.4) is 0 Å². The number of carbonyl (C=O) groups is 1. The molecule has 0 unspecified atom stereocenters. The average molecular weight is 296 g/mol.